The number of hydrogen-bond donors (Lipinski definition) is 1. The second-order valence-electron chi connectivity index (χ2n) is 2.36. The number of esters is 1. The number of rotatable bonds is 4. The maximum Gasteiger partial charge on any atom is 0.407 e. The topological polar surface area (TPSA) is 64.6 Å². The van der Waals surface area contributed by atoms with Gasteiger partial charge in [-0.05, 0) is 6.08 Å². The molecule has 14 heavy (non-hydrogen) atoms. The van der Waals surface area contributed by atoms with Gasteiger partial charge in [-0.1, -0.05) is 6.58 Å². The molecule has 0 aromatic rings. The summed E-state index contributed by atoms with van der Waals surface area (Å²) in [5, 5.41) is 2.32. The van der Waals surface area contributed by atoms with E-state index >= 15 is 0 Å². The fourth-order valence-electron chi connectivity index (χ4n) is 0.759. The standard InChI is InChI=1S/C9H13NO4/c1-4-5-6-7(8(11)13-2)10-9(12)14-3/h5,7H,1,6H2,2-3H3,(H,10,12)/t7-/m1/s1. The van der Waals surface area contributed by atoms with Gasteiger partial charge in [0.15, 0.2) is 0 Å². The molecule has 5 nitrogen and oxygen atoms in total. The maximum atomic E-state index is 11.1. The summed E-state index contributed by atoms with van der Waals surface area (Å²) in [5.74, 6) is -0.540. The van der Waals surface area contributed by atoms with E-state index in [2.05, 4.69) is 27.1 Å². The zero-order valence-corrected chi connectivity index (χ0v) is 8.20. The van der Waals surface area contributed by atoms with E-state index in [-0.39, 0.29) is 6.42 Å². The van der Waals surface area contributed by atoms with Crippen LogP contribution in [0.3, 0.4) is 0 Å². The Kier molecular flexibility index (Phi) is 5.90. The number of hydrogen-bond acceptors (Lipinski definition) is 4. The minimum atomic E-state index is -0.762. The van der Waals surface area contributed by atoms with Crippen molar-refractivity contribution in [3.63, 3.8) is 0 Å². The molecule has 0 radical (unpaired) electrons. The van der Waals surface area contributed by atoms with Crippen LogP contribution in [-0.2, 0) is 14.3 Å². The fourth-order valence-corrected chi connectivity index (χ4v) is 0.759. The zero-order valence-electron chi connectivity index (χ0n) is 8.20. The molecule has 0 rings (SSSR count). The molecular formula is C9H13NO4. The summed E-state index contributed by atoms with van der Waals surface area (Å²) in [7, 11) is 2.46. The smallest absolute Gasteiger partial charge is 0.407 e. The summed E-state index contributed by atoms with van der Waals surface area (Å²) < 4.78 is 8.82. The highest BCUT2D eigenvalue weighted by Crippen LogP contribution is 1.96. The van der Waals surface area contributed by atoms with E-state index in [9.17, 15) is 9.59 Å². The molecule has 0 unspecified atom stereocenters. The number of carbonyl (C=O) groups excluding carboxylic acids is 2. The van der Waals surface area contributed by atoms with Gasteiger partial charge in [0.1, 0.15) is 6.04 Å². The lowest BCUT2D eigenvalue weighted by Gasteiger charge is -2.12. The molecule has 1 atom stereocenters. The molecular weight excluding hydrogens is 186 g/mol. The minimum absolute atomic E-state index is 0.269. The molecule has 78 valence electrons. The van der Waals surface area contributed by atoms with E-state index in [1.165, 1.54) is 20.3 Å². The number of nitrogens with one attached hydrogen (secondary N) is 1. The van der Waals surface area contributed by atoms with Crippen LogP contribution in [0.15, 0.2) is 18.4 Å². The van der Waals surface area contributed by atoms with Crippen molar-refractivity contribution in [3.05, 3.63) is 18.4 Å². The van der Waals surface area contributed by atoms with Crippen molar-refractivity contribution in [3.8, 4) is 0 Å². The summed E-state index contributed by atoms with van der Waals surface area (Å²) in [6.07, 6.45) is 1.11. The van der Waals surface area contributed by atoms with Crippen LogP contribution in [0.5, 0.6) is 0 Å². The van der Waals surface area contributed by atoms with Gasteiger partial charge < -0.3 is 14.8 Å². The van der Waals surface area contributed by atoms with E-state index in [4.69, 9.17) is 0 Å². The van der Waals surface area contributed by atoms with Gasteiger partial charge in [-0.2, -0.15) is 0 Å². The Morgan fingerprint density at radius 3 is 2.57 bits per heavy atom. The lowest BCUT2D eigenvalue weighted by atomic mass is 10.2. The lowest BCUT2D eigenvalue weighted by Crippen LogP contribution is -2.41. The first kappa shape index (κ1) is 12.3. The van der Waals surface area contributed by atoms with Crippen LogP contribution in [0.2, 0.25) is 0 Å². The molecule has 5 heteroatoms. The molecule has 0 saturated heterocycles. The summed E-state index contributed by atoms with van der Waals surface area (Å²) in [4.78, 5) is 21.9. The predicted octanol–water partition coefficient (Wildman–Crippen LogP) is 0.615. The monoisotopic (exact) mass is 199 g/mol. The number of methoxy groups -OCH3 is 2. The fraction of sp³-hybridized carbons (Fsp3) is 0.444. The molecule has 0 heterocycles. The second-order valence-corrected chi connectivity index (χ2v) is 2.36. The van der Waals surface area contributed by atoms with E-state index < -0.39 is 18.1 Å². The molecule has 0 aromatic heterocycles. The quantitative estimate of drug-likeness (QED) is 0.532. The average Bonchev–Trinajstić information content (AvgIpc) is 2.22. The van der Waals surface area contributed by atoms with Crippen molar-refractivity contribution in [2.24, 2.45) is 0 Å². The molecule has 0 aliphatic carbocycles. The third-order valence-electron chi connectivity index (χ3n) is 1.46. The Bertz CT molecular complexity index is 256. The van der Waals surface area contributed by atoms with Crippen LogP contribution in [0.4, 0.5) is 4.79 Å². The minimum Gasteiger partial charge on any atom is -0.467 e. The normalized spacial score (nSPS) is 10.7. The highest BCUT2D eigenvalue weighted by Gasteiger charge is 2.19. The molecule has 1 amide bonds. The maximum absolute atomic E-state index is 11.1. The van der Waals surface area contributed by atoms with Crippen LogP contribution in [-0.4, -0.2) is 32.3 Å². The van der Waals surface area contributed by atoms with E-state index in [1.54, 1.807) is 0 Å². The Balaban J connectivity index is 4.30. The summed E-state index contributed by atoms with van der Waals surface area (Å²) in [5.41, 5.74) is 2.49. The van der Waals surface area contributed by atoms with E-state index in [0.29, 0.717) is 0 Å². The van der Waals surface area contributed by atoms with Crippen molar-refractivity contribution in [2.45, 2.75) is 12.5 Å². The van der Waals surface area contributed by atoms with Crippen molar-refractivity contribution in [1.29, 1.82) is 0 Å². The van der Waals surface area contributed by atoms with Gasteiger partial charge in [0.05, 0.1) is 14.2 Å². The van der Waals surface area contributed by atoms with Crippen LogP contribution in [0, 0.1) is 0 Å². The highest BCUT2D eigenvalue weighted by atomic mass is 16.5. The van der Waals surface area contributed by atoms with Gasteiger partial charge in [-0.15, -0.1) is 5.73 Å². The first-order chi connectivity index (χ1) is 6.65. The summed E-state index contributed by atoms with van der Waals surface area (Å²) in [6, 6.07) is -0.762. The molecule has 0 fully saturated rings. The van der Waals surface area contributed by atoms with Gasteiger partial charge in [-0.3, -0.25) is 0 Å². The zero-order chi connectivity index (χ0) is 11.0. The molecule has 0 bridgehead atoms. The van der Waals surface area contributed by atoms with Crippen molar-refractivity contribution >= 4 is 12.1 Å². The molecule has 0 aromatic carbocycles. The molecule has 1 N–H and O–H groups in total. The van der Waals surface area contributed by atoms with Gasteiger partial charge in [0, 0.05) is 6.42 Å². The number of ether oxygens (including phenoxy) is 2. The summed E-state index contributed by atoms with van der Waals surface area (Å²) in [6.45, 7) is 3.34. The molecule has 0 saturated carbocycles. The van der Waals surface area contributed by atoms with Crippen LogP contribution in [0.1, 0.15) is 6.42 Å². The Morgan fingerprint density at radius 1 is 1.50 bits per heavy atom. The van der Waals surface area contributed by atoms with Crippen molar-refractivity contribution in [2.75, 3.05) is 14.2 Å². The number of carbonyl (C=O) groups is 2. The number of alkyl carbamates (subject to hydrolysis) is 1. The van der Waals surface area contributed by atoms with Crippen LogP contribution < -0.4 is 5.32 Å². The largest absolute Gasteiger partial charge is 0.467 e. The Labute approximate surface area is 82.4 Å². The van der Waals surface area contributed by atoms with E-state index in [0.717, 1.165) is 0 Å². The van der Waals surface area contributed by atoms with Crippen molar-refractivity contribution < 1.29 is 19.1 Å². The Morgan fingerprint density at radius 2 is 2.14 bits per heavy atom. The average molecular weight is 199 g/mol. The van der Waals surface area contributed by atoms with Crippen LogP contribution >= 0.6 is 0 Å². The molecule has 0 spiro atoms. The highest BCUT2D eigenvalue weighted by molar-refractivity contribution is 5.81. The van der Waals surface area contributed by atoms with Gasteiger partial charge in [0.2, 0.25) is 0 Å². The third kappa shape index (κ3) is 4.33. The van der Waals surface area contributed by atoms with Gasteiger partial charge >= 0.3 is 12.1 Å². The second kappa shape index (κ2) is 6.74. The third-order valence-corrected chi connectivity index (χ3v) is 1.46. The van der Waals surface area contributed by atoms with Crippen molar-refractivity contribution in [1.82, 2.24) is 5.32 Å². The van der Waals surface area contributed by atoms with Gasteiger partial charge in [0.25, 0.3) is 0 Å². The Hall–Kier alpha value is -1.74. The predicted molar refractivity (Wildman–Crippen MR) is 49.7 cm³/mol. The summed E-state index contributed by atoms with van der Waals surface area (Å²) >= 11 is 0. The van der Waals surface area contributed by atoms with Crippen LogP contribution in [0.25, 0.3) is 0 Å². The first-order valence-corrected chi connectivity index (χ1v) is 3.92. The SMILES string of the molecule is C=C=CC[C@@H](NC(=O)OC)C(=O)OC. The van der Waals surface area contributed by atoms with E-state index in [1.807, 2.05) is 0 Å². The molecule has 0 aliphatic rings. The lowest BCUT2D eigenvalue weighted by molar-refractivity contribution is -0.142. The number of amides is 1. The van der Waals surface area contributed by atoms with Gasteiger partial charge in [-0.25, -0.2) is 9.59 Å². The molecule has 0 aliphatic heterocycles. The first-order valence-electron chi connectivity index (χ1n) is 3.92.